The van der Waals surface area contributed by atoms with Crippen LogP contribution in [0.15, 0.2) is 41.7 Å². The van der Waals surface area contributed by atoms with Gasteiger partial charge in [-0.3, -0.25) is 4.98 Å². The molecule has 1 fully saturated rings. The van der Waals surface area contributed by atoms with E-state index >= 15 is 0 Å². The molecule has 1 saturated heterocycles. The fourth-order valence-corrected chi connectivity index (χ4v) is 4.19. The molecular weight excluding hydrogens is 356 g/mol. The van der Waals surface area contributed by atoms with Crippen LogP contribution in [-0.4, -0.2) is 47.3 Å². The molecule has 1 aliphatic heterocycles. The first-order chi connectivity index (χ1) is 12.5. The number of ether oxygens (including phenoxy) is 1. The van der Waals surface area contributed by atoms with E-state index in [1.54, 1.807) is 29.0 Å². The summed E-state index contributed by atoms with van der Waals surface area (Å²) in [5.41, 5.74) is 7.64. The highest BCUT2D eigenvalue weighted by atomic mass is 32.2. The molecule has 0 aromatic carbocycles. The van der Waals surface area contributed by atoms with Gasteiger partial charge in [-0.05, 0) is 31.0 Å². The van der Waals surface area contributed by atoms with Crippen molar-refractivity contribution in [1.29, 1.82) is 0 Å². The quantitative estimate of drug-likeness (QED) is 0.693. The summed E-state index contributed by atoms with van der Waals surface area (Å²) in [5.74, 6) is 0.178. The van der Waals surface area contributed by atoms with Gasteiger partial charge in [-0.15, -0.1) is 5.10 Å². The third-order valence-electron chi connectivity index (χ3n) is 4.25. The second-order valence-electron chi connectivity index (χ2n) is 6.11. The summed E-state index contributed by atoms with van der Waals surface area (Å²) in [7, 11) is -3.65. The van der Waals surface area contributed by atoms with Crippen LogP contribution in [0.2, 0.25) is 0 Å². The lowest BCUT2D eigenvalue weighted by atomic mass is 10.1. The number of anilines is 1. The molecular formula is C16H18N6O3S. The Morgan fingerprint density at radius 1 is 1.19 bits per heavy atom. The van der Waals surface area contributed by atoms with Crippen LogP contribution in [0.25, 0.3) is 16.8 Å². The molecule has 3 aromatic heterocycles. The predicted octanol–water partition coefficient (Wildman–Crippen LogP) is 0.831. The first-order valence-corrected chi connectivity index (χ1v) is 9.67. The lowest BCUT2D eigenvalue weighted by molar-refractivity contribution is 0.0832. The molecule has 3 aromatic rings. The van der Waals surface area contributed by atoms with Crippen LogP contribution >= 0.6 is 0 Å². The SMILES string of the molecule is Nc1nc2ccc(-c3cncc(S(=O)(=O)NC4CCOCC4)c3)cn2n1. The maximum Gasteiger partial charge on any atom is 0.242 e. The van der Waals surface area contributed by atoms with Crippen molar-refractivity contribution in [2.45, 2.75) is 23.8 Å². The Morgan fingerprint density at radius 2 is 2.00 bits per heavy atom. The summed E-state index contributed by atoms with van der Waals surface area (Å²) in [6.07, 6.45) is 6.01. The van der Waals surface area contributed by atoms with Gasteiger partial charge in [0.25, 0.3) is 0 Å². The van der Waals surface area contributed by atoms with Gasteiger partial charge in [0.05, 0.1) is 0 Å². The lowest BCUT2D eigenvalue weighted by Gasteiger charge is -2.22. The fraction of sp³-hybridized carbons (Fsp3) is 0.312. The number of nitrogens with two attached hydrogens (primary N) is 1. The Hall–Kier alpha value is -2.56. The van der Waals surface area contributed by atoms with E-state index in [2.05, 4.69) is 19.8 Å². The molecule has 0 unspecified atom stereocenters. The Morgan fingerprint density at radius 3 is 2.81 bits per heavy atom. The predicted molar refractivity (Wildman–Crippen MR) is 94.8 cm³/mol. The standard InChI is InChI=1S/C16H18N6O3S/c17-16-19-15-2-1-11(10-22(15)20-16)12-7-14(9-18-8-12)26(23,24)21-13-3-5-25-6-4-13/h1-2,7-10,13,21H,3-6H2,(H2,17,20). The first-order valence-electron chi connectivity index (χ1n) is 8.19. The molecule has 4 rings (SSSR count). The van der Waals surface area contributed by atoms with Crippen LogP contribution in [0.4, 0.5) is 5.95 Å². The van der Waals surface area contributed by atoms with Gasteiger partial charge in [0.15, 0.2) is 5.65 Å². The molecule has 0 amide bonds. The average molecular weight is 374 g/mol. The number of hydrogen-bond acceptors (Lipinski definition) is 7. The van der Waals surface area contributed by atoms with E-state index in [1.165, 1.54) is 6.20 Å². The highest BCUT2D eigenvalue weighted by molar-refractivity contribution is 7.89. The third-order valence-corrected chi connectivity index (χ3v) is 5.73. The number of nitrogens with zero attached hydrogens (tertiary/aromatic N) is 4. The Labute approximate surface area is 150 Å². The van der Waals surface area contributed by atoms with Crippen LogP contribution in [0, 0.1) is 0 Å². The van der Waals surface area contributed by atoms with Crippen LogP contribution in [0.5, 0.6) is 0 Å². The van der Waals surface area contributed by atoms with E-state index in [1.807, 2.05) is 6.07 Å². The first kappa shape index (κ1) is 16.9. The van der Waals surface area contributed by atoms with Crippen molar-refractivity contribution in [2.24, 2.45) is 0 Å². The number of pyridine rings is 2. The third kappa shape index (κ3) is 3.39. The zero-order valence-corrected chi connectivity index (χ0v) is 14.7. The summed E-state index contributed by atoms with van der Waals surface area (Å²) in [5, 5.41) is 4.07. The minimum atomic E-state index is -3.65. The second-order valence-corrected chi connectivity index (χ2v) is 7.82. The maximum absolute atomic E-state index is 12.7. The zero-order valence-electron chi connectivity index (χ0n) is 13.9. The molecule has 9 nitrogen and oxygen atoms in total. The molecule has 3 N–H and O–H groups in total. The van der Waals surface area contributed by atoms with Gasteiger partial charge in [-0.1, -0.05) is 0 Å². The largest absolute Gasteiger partial charge is 0.381 e. The highest BCUT2D eigenvalue weighted by Gasteiger charge is 2.22. The molecule has 1 aliphatic rings. The van der Waals surface area contributed by atoms with Crippen molar-refractivity contribution in [3.63, 3.8) is 0 Å². The van der Waals surface area contributed by atoms with Gasteiger partial charge >= 0.3 is 0 Å². The number of rotatable bonds is 4. The molecule has 26 heavy (non-hydrogen) atoms. The van der Waals surface area contributed by atoms with E-state index in [0.717, 1.165) is 5.56 Å². The van der Waals surface area contributed by atoms with Gasteiger partial charge in [0.1, 0.15) is 4.90 Å². The zero-order chi connectivity index (χ0) is 18.1. The number of aromatic nitrogens is 4. The van der Waals surface area contributed by atoms with E-state index < -0.39 is 10.0 Å². The van der Waals surface area contributed by atoms with Gasteiger partial charge in [-0.2, -0.15) is 4.98 Å². The normalized spacial score (nSPS) is 16.2. The highest BCUT2D eigenvalue weighted by Crippen LogP contribution is 2.22. The minimum absolute atomic E-state index is 0.119. The van der Waals surface area contributed by atoms with Crippen LogP contribution in [0.1, 0.15) is 12.8 Å². The van der Waals surface area contributed by atoms with E-state index in [9.17, 15) is 8.42 Å². The summed E-state index contributed by atoms with van der Waals surface area (Å²) in [6, 6.07) is 5.06. The Kier molecular flexibility index (Phi) is 4.31. The molecule has 0 bridgehead atoms. The van der Waals surface area contributed by atoms with Gasteiger partial charge in [0.2, 0.25) is 16.0 Å². The van der Waals surface area contributed by atoms with Crippen molar-refractivity contribution < 1.29 is 13.2 Å². The second kappa shape index (κ2) is 6.63. The monoisotopic (exact) mass is 374 g/mol. The number of fused-ring (bicyclic) bond motifs is 1. The topological polar surface area (TPSA) is 124 Å². The molecule has 0 radical (unpaired) electrons. The number of nitrogen functional groups attached to an aromatic ring is 1. The molecule has 0 saturated carbocycles. The molecule has 0 aliphatic carbocycles. The Balaban J connectivity index is 1.64. The summed E-state index contributed by atoms with van der Waals surface area (Å²) in [4.78, 5) is 8.28. The van der Waals surface area contributed by atoms with E-state index in [4.69, 9.17) is 10.5 Å². The van der Waals surface area contributed by atoms with Crippen LogP contribution in [-0.2, 0) is 14.8 Å². The lowest BCUT2D eigenvalue weighted by Crippen LogP contribution is -2.38. The van der Waals surface area contributed by atoms with Crippen molar-refractivity contribution in [3.05, 3.63) is 36.8 Å². The molecule has 10 heteroatoms. The maximum atomic E-state index is 12.7. The van der Waals surface area contributed by atoms with Gasteiger partial charge < -0.3 is 10.5 Å². The van der Waals surface area contributed by atoms with Gasteiger partial charge in [0, 0.05) is 49.0 Å². The van der Waals surface area contributed by atoms with Crippen molar-refractivity contribution in [1.82, 2.24) is 24.3 Å². The average Bonchev–Trinajstić information content (AvgIpc) is 3.01. The molecule has 0 spiro atoms. The number of hydrogen-bond donors (Lipinski definition) is 2. The summed E-state index contributed by atoms with van der Waals surface area (Å²) >= 11 is 0. The van der Waals surface area contributed by atoms with Crippen LogP contribution in [0.3, 0.4) is 0 Å². The molecule has 136 valence electrons. The van der Waals surface area contributed by atoms with Crippen molar-refractivity contribution in [2.75, 3.05) is 18.9 Å². The summed E-state index contributed by atoms with van der Waals surface area (Å²) < 4.78 is 34.9. The number of nitrogens with one attached hydrogen (secondary N) is 1. The molecule has 4 heterocycles. The van der Waals surface area contributed by atoms with Gasteiger partial charge in [-0.25, -0.2) is 17.7 Å². The smallest absolute Gasteiger partial charge is 0.242 e. The minimum Gasteiger partial charge on any atom is -0.381 e. The van der Waals surface area contributed by atoms with E-state index in [0.29, 0.717) is 37.3 Å². The summed E-state index contributed by atoms with van der Waals surface area (Å²) in [6.45, 7) is 1.12. The fourth-order valence-electron chi connectivity index (χ4n) is 2.90. The molecule has 0 atom stereocenters. The van der Waals surface area contributed by atoms with Crippen molar-refractivity contribution in [3.8, 4) is 11.1 Å². The van der Waals surface area contributed by atoms with Crippen molar-refractivity contribution >= 4 is 21.6 Å². The number of sulfonamides is 1. The Bertz CT molecular complexity index is 1040. The van der Waals surface area contributed by atoms with Crippen LogP contribution < -0.4 is 10.5 Å². The van der Waals surface area contributed by atoms with E-state index in [-0.39, 0.29) is 16.9 Å².